The Balaban J connectivity index is 2.54. The first-order chi connectivity index (χ1) is 7.52. The molecule has 86 valence electrons. The first-order valence-corrected chi connectivity index (χ1v) is 4.70. The van der Waals surface area contributed by atoms with E-state index < -0.39 is 11.7 Å². The van der Waals surface area contributed by atoms with Gasteiger partial charge in [-0.2, -0.15) is 13.2 Å². The number of rotatable bonds is 2. The van der Waals surface area contributed by atoms with Gasteiger partial charge in [-0.25, -0.2) is 4.98 Å². The third-order valence-electron chi connectivity index (χ3n) is 2.27. The molecule has 0 saturated carbocycles. The molecule has 0 aromatic carbocycles. The number of fused-ring (bicyclic) bond motifs is 1. The number of hydrogen-bond donors (Lipinski definition) is 1. The van der Waals surface area contributed by atoms with Gasteiger partial charge in [-0.15, -0.1) is 0 Å². The summed E-state index contributed by atoms with van der Waals surface area (Å²) >= 11 is 0. The van der Waals surface area contributed by atoms with Crippen molar-refractivity contribution in [3.8, 4) is 0 Å². The zero-order chi connectivity index (χ0) is 11.8. The van der Waals surface area contributed by atoms with Crippen LogP contribution in [-0.2, 0) is 12.7 Å². The second-order valence-corrected chi connectivity index (χ2v) is 3.42. The van der Waals surface area contributed by atoms with Gasteiger partial charge in [0.1, 0.15) is 5.65 Å². The summed E-state index contributed by atoms with van der Waals surface area (Å²) in [5, 5.41) is 2.88. The van der Waals surface area contributed by atoms with E-state index in [-0.39, 0.29) is 0 Å². The largest absolute Gasteiger partial charge is 0.417 e. The molecule has 0 aliphatic heterocycles. The number of aromatic nitrogens is 2. The maximum absolute atomic E-state index is 12.5. The topological polar surface area (TPSA) is 29.3 Å². The molecule has 0 unspecified atom stereocenters. The summed E-state index contributed by atoms with van der Waals surface area (Å²) in [7, 11) is 1.73. The van der Waals surface area contributed by atoms with Crippen molar-refractivity contribution in [3.05, 3.63) is 35.8 Å². The summed E-state index contributed by atoms with van der Waals surface area (Å²) in [5.74, 6) is 0. The fourth-order valence-electron chi connectivity index (χ4n) is 1.51. The molecule has 2 heterocycles. The van der Waals surface area contributed by atoms with Crippen LogP contribution in [0.2, 0.25) is 0 Å². The molecule has 6 heteroatoms. The number of nitrogens with zero attached hydrogens (tertiary/aromatic N) is 2. The van der Waals surface area contributed by atoms with Gasteiger partial charge in [0, 0.05) is 12.7 Å². The number of halogens is 3. The minimum absolute atomic E-state index is 0.475. The number of hydrogen-bond acceptors (Lipinski definition) is 2. The number of pyridine rings is 1. The normalized spacial score (nSPS) is 12.2. The molecule has 0 fully saturated rings. The standard InChI is InChI=1S/C10H10F3N3/c1-14-4-8-5-15-9-3-2-7(6-16(8)9)10(11,12)13/h2-3,5-6,14H,4H2,1H3. The minimum Gasteiger partial charge on any atom is -0.314 e. The van der Waals surface area contributed by atoms with Gasteiger partial charge < -0.3 is 9.72 Å². The Morgan fingerprint density at radius 3 is 2.75 bits per heavy atom. The highest BCUT2D eigenvalue weighted by Crippen LogP contribution is 2.29. The predicted molar refractivity (Wildman–Crippen MR) is 53.0 cm³/mol. The molecule has 2 aromatic heterocycles. The van der Waals surface area contributed by atoms with Crippen LogP contribution in [0, 0.1) is 0 Å². The maximum Gasteiger partial charge on any atom is 0.417 e. The van der Waals surface area contributed by atoms with Crippen LogP contribution in [0.25, 0.3) is 5.65 Å². The lowest BCUT2D eigenvalue weighted by atomic mass is 10.3. The van der Waals surface area contributed by atoms with Crippen LogP contribution in [0.1, 0.15) is 11.3 Å². The highest BCUT2D eigenvalue weighted by molar-refractivity contribution is 5.42. The fourth-order valence-corrected chi connectivity index (χ4v) is 1.51. The smallest absolute Gasteiger partial charge is 0.314 e. The van der Waals surface area contributed by atoms with Crippen molar-refractivity contribution < 1.29 is 13.2 Å². The predicted octanol–water partition coefficient (Wildman–Crippen LogP) is 2.07. The van der Waals surface area contributed by atoms with Crippen LogP contribution in [0.3, 0.4) is 0 Å². The second-order valence-electron chi connectivity index (χ2n) is 3.42. The van der Waals surface area contributed by atoms with E-state index in [1.54, 1.807) is 13.2 Å². The third kappa shape index (κ3) is 1.88. The lowest BCUT2D eigenvalue weighted by Crippen LogP contribution is -2.10. The van der Waals surface area contributed by atoms with E-state index in [2.05, 4.69) is 10.3 Å². The van der Waals surface area contributed by atoms with Crippen molar-refractivity contribution in [2.75, 3.05) is 7.05 Å². The molecule has 0 amide bonds. The van der Waals surface area contributed by atoms with E-state index in [0.717, 1.165) is 12.3 Å². The highest BCUT2D eigenvalue weighted by Gasteiger charge is 2.30. The number of alkyl halides is 3. The molecule has 0 spiro atoms. The maximum atomic E-state index is 12.5. The Hall–Kier alpha value is -1.56. The monoisotopic (exact) mass is 229 g/mol. The Labute approximate surface area is 89.9 Å². The van der Waals surface area contributed by atoms with E-state index in [1.165, 1.54) is 10.5 Å². The summed E-state index contributed by atoms with van der Waals surface area (Å²) in [6, 6.07) is 2.40. The van der Waals surface area contributed by atoms with E-state index in [0.29, 0.717) is 17.9 Å². The molecule has 0 aliphatic rings. The average Bonchev–Trinajstić information content (AvgIpc) is 2.60. The lowest BCUT2D eigenvalue weighted by molar-refractivity contribution is -0.137. The summed E-state index contributed by atoms with van der Waals surface area (Å²) in [4.78, 5) is 4.02. The summed E-state index contributed by atoms with van der Waals surface area (Å²) in [6.07, 6.45) is -1.70. The molecule has 16 heavy (non-hydrogen) atoms. The van der Waals surface area contributed by atoms with Gasteiger partial charge in [-0.05, 0) is 19.2 Å². The Morgan fingerprint density at radius 2 is 2.12 bits per heavy atom. The van der Waals surface area contributed by atoms with Crippen LogP contribution >= 0.6 is 0 Å². The lowest BCUT2D eigenvalue weighted by Gasteiger charge is -2.08. The van der Waals surface area contributed by atoms with Crippen LogP contribution in [0.4, 0.5) is 13.2 Å². The van der Waals surface area contributed by atoms with Gasteiger partial charge in [0.2, 0.25) is 0 Å². The van der Waals surface area contributed by atoms with Crippen LogP contribution in [-0.4, -0.2) is 16.4 Å². The molecule has 3 nitrogen and oxygen atoms in total. The van der Waals surface area contributed by atoms with Crippen molar-refractivity contribution in [1.29, 1.82) is 0 Å². The Kier molecular flexibility index (Phi) is 2.59. The molecule has 0 saturated heterocycles. The van der Waals surface area contributed by atoms with Crippen molar-refractivity contribution >= 4 is 5.65 Å². The van der Waals surface area contributed by atoms with Crippen molar-refractivity contribution in [2.24, 2.45) is 0 Å². The van der Waals surface area contributed by atoms with Crippen molar-refractivity contribution in [2.45, 2.75) is 12.7 Å². The molecule has 0 bridgehead atoms. The third-order valence-corrected chi connectivity index (χ3v) is 2.27. The molecular formula is C10H10F3N3. The molecule has 1 N–H and O–H groups in total. The second kappa shape index (κ2) is 3.79. The Morgan fingerprint density at radius 1 is 1.38 bits per heavy atom. The average molecular weight is 229 g/mol. The van der Waals surface area contributed by atoms with E-state index in [1.807, 2.05) is 0 Å². The molecule has 2 aromatic rings. The van der Waals surface area contributed by atoms with Gasteiger partial charge >= 0.3 is 6.18 Å². The van der Waals surface area contributed by atoms with E-state index in [9.17, 15) is 13.2 Å². The SMILES string of the molecule is CNCc1cnc2ccc(C(F)(F)F)cn12. The zero-order valence-corrected chi connectivity index (χ0v) is 8.54. The number of imidazole rings is 1. The van der Waals surface area contributed by atoms with Gasteiger partial charge in [0.25, 0.3) is 0 Å². The van der Waals surface area contributed by atoms with Gasteiger partial charge in [-0.1, -0.05) is 0 Å². The van der Waals surface area contributed by atoms with Crippen LogP contribution in [0.5, 0.6) is 0 Å². The van der Waals surface area contributed by atoms with Crippen LogP contribution in [0.15, 0.2) is 24.5 Å². The quantitative estimate of drug-likeness (QED) is 0.854. The minimum atomic E-state index is -4.32. The zero-order valence-electron chi connectivity index (χ0n) is 8.54. The first kappa shape index (κ1) is 10.9. The summed E-state index contributed by atoms with van der Waals surface area (Å²) in [6.45, 7) is 0.475. The van der Waals surface area contributed by atoms with E-state index in [4.69, 9.17) is 0 Å². The van der Waals surface area contributed by atoms with Crippen molar-refractivity contribution in [1.82, 2.24) is 14.7 Å². The van der Waals surface area contributed by atoms with Gasteiger partial charge in [0.05, 0.1) is 17.5 Å². The number of nitrogens with one attached hydrogen (secondary N) is 1. The molecule has 2 rings (SSSR count). The molecular weight excluding hydrogens is 219 g/mol. The molecule has 0 atom stereocenters. The highest BCUT2D eigenvalue weighted by atomic mass is 19.4. The Bertz CT molecular complexity index is 501. The van der Waals surface area contributed by atoms with E-state index >= 15 is 0 Å². The fraction of sp³-hybridized carbons (Fsp3) is 0.300. The first-order valence-electron chi connectivity index (χ1n) is 4.70. The van der Waals surface area contributed by atoms with Gasteiger partial charge in [-0.3, -0.25) is 0 Å². The summed E-state index contributed by atoms with van der Waals surface area (Å²) < 4.78 is 38.9. The van der Waals surface area contributed by atoms with Crippen LogP contribution < -0.4 is 5.32 Å². The molecule has 0 aliphatic carbocycles. The van der Waals surface area contributed by atoms with Crippen molar-refractivity contribution in [3.63, 3.8) is 0 Å². The van der Waals surface area contributed by atoms with Gasteiger partial charge in [0.15, 0.2) is 0 Å². The summed E-state index contributed by atoms with van der Waals surface area (Å²) in [5.41, 5.74) is 0.539. The molecule has 0 radical (unpaired) electrons.